The van der Waals surface area contributed by atoms with Crippen molar-refractivity contribution in [3.8, 4) is 22.9 Å². The minimum atomic E-state index is -0.343. The van der Waals surface area contributed by atoms with E-state index in [1.807, 2.05) is 72.4 Å². The van der Waals surface area contributed by atoms with E-state index in [-0.39, 0.29) is 6.10 Å². The molecule has 5 nitrogen and oxygen atoms in total. The summed E-state index contributed by atoms with van der Waals surface area (Å²) in [5.74, 6) is 0.795. The number of hydrogen-bond acceptors (Lipinski definition) is 4. The van der Waals surface area contributed by atoms with Crippen molar-refractivity contribution in [2.75, 3.05) is 7.11 Å². The quantitative estimate of drug-likeness (QED) is 0.389. The van der Waals surface area contributed by atoms with Gasteiger partial charge in [-0.3, -0.25) is 0 Å². The van der Waals surface area contributed by atoms with Crippen molar-refractivity contribution in [1.29, 1.82) is 5.26 Å². The Morgan fingerprint density at radius 3 is 2.59 bits per heavy atom. The summed E-state index contributed by atoms with van der Waals surface area (Å²) in [7, 11) is 3.61. The van der Waals surface area contributed by atoms with Crippen LogP contribution in [0.3, 0.4) is 0 Å². The van der Waals surface area contributed by atoms with E-state index in [1.54, 1.807) is 13.4 Å². The summed E-state index contributed by atoms with van der Waals surface area (Å²) in [4.78, 5) is 4.29. The minimum Gasteiger partial charge on any atom is -0.497 e. The van der Waals surface area contributed by atoms with Crippen molar-refractivity contribution in [2.24, 2.45) is 7.05 Å². The monoisotopic (exact) mass is 423 g/mol. The minimum absolute atomic E-state index is 0.343. The molecule has 1 heterocycles. The Balaban J connectivity index is 1.75. The largest absolute Gasteiger partial charge is 0.497 e. The van der Waals surface area contributed by atoms with Crippen LogP contribution in [-0.4, -0.2) is 16.7 Å². The molecule has 4 rings (SSSR count). The number of imidazole rings is 1. The molecule has 0 bridgehead atoms. The number of benzene rings is 3. The summed E-state index contributed by atoms with van der Waals surface area (Å²) in [5.41, 5.74) is 6.63. The first kappa shape index (κ1) is 21.4. The first-order valence-electron chi connectivity index (χ1n) is 10.4. The van der Waals surface area contributed by atoms with Crippen molar-refractivity contribution in [2.45, 2.75) is 19.6 Å². The number of rotatable bonds is 7. The molecule has 1 atom stereocenters. The molecule has 0 N–H and O–H groups in total. The van der Waals surface area contributed by atoms with Crippen LogP contribution in [0.15, 0.2) is 79.3 Å². The third-order valence-corrected chi connectivity index (χ3v) is 5.58. The van der Waals surface area contributed by atoms with Crippen LogP contribution in [0.1, 0.15) is 34.1 Å². The molecule has 1 unspecified atom stereocenters. The molecule has 32 heavy (non-hydrogen) atoms. The average Bonchev–Trinajstić information content (AvgIpc) is 3.25. The lowest BCUT2D eigenvalue weighted by atomic mass is 9.93. The molecule has 0 aliphatic heterocycles. The molecule has 4 aromatic rings. The molecule has 0 saturated heterocycles. The predicted molar refractivity (Wildman–Crippen MR) is 124 cm³/mol. The second-order valence-corrected chi connectivity index (χ2v) is 7.70. The van der Waals surface area contributed by atoms with Gasteiger partial charge < -0.3 is 14.0 Å². The van der Waals surface area contributed by atoms with E-state index in [9.17, 15) is 5.26 Å². The van der Waals surface area contributed by atoms with Gasteiger partial charge in [0.05, 0.1) is 43.6 Å². The van der Waals surface area contributed by atoms with Crippen molar-refractivity contribution in [3.63, 3.8) is 0 Å². The van der Waals surface area contributed by atoms with Crippen LogP contribution in [-0.2, 0) is 18.4 Å². The highest BCUT2D eigenvalue weighted by atomic mass is 16.5. The number of nitrogens with zero attached hydrogens (tertiary/aromatic N) is 3. The highest BCUT2D eigenvalue weighted by Gasteiger charge is 2.21. The molecule has 160 valence electrons. The third kappa shape index (κ3) is 4.41. The number of nitriles is 1. The Hall–Kier alpha value is -3.88. The third-order valence-electron chi connectivity index (χ3n) is 5.58. The van der Waals surface area contributed by atoms with E-state index >= 15 is 0 Å². The number of aromatic nitrogens is 2. The van der Waals surface area contributed by atoms with Gasteiger partial charge in [-0.15, -0.1) is 0 Å². The lowest BCUT2D eigenvalue weighted by Gasteiger charge is -2.21. The fourth-order valence-corrected chi connectivity index (χ4v) is 3.83. The van der Waals surface area contributed by atoms with Gasteiger partial charge in [0.15, 0.2) is 0 Å². The highest BCUT2D eigenvalue weighted by molar-refractivity contribution is 5.74. The first-order chi connectivity index (χ1) is 15.6. The van der Waals surface area contributed by atoms with Crippen molar-refractivity contribution >= 4 is 0 Å². The fraction of sp³-hybridized carbons (Fsp3) is 0.185. The predicted octanol–water partition coefficient (Wildman–Crippen LogP) is 5.58. The zero-order chi connectivity index (χ0) is 22.5. The molecule has 0 fully saturated rings. The Bertz CT molecular complexity index is 1270. The summed E-state index contributed by atoms with van der Waals surface area (Å²) >= 11 is 0. The number of ether oxygens (including phenoxy) is 2. The first-order valence-corrected chi connectivity index (χ1v) is 10.4. The molecule has 0 aliphatic rings. The summed E-state index contributed by atoms with van der Waals surface area (Å²) in [5, 5.41) is 9.72. The van der Waals surface area contributed by atoms with Crippen LogP contribution in [0, 0.1) is 18.3 Å². The van der Waals surface area contributed by atoms with Gasteiger partial charge in [-0.2, -0.15) is 5.26 Å². The SMILES string of the molecule is COc1cccc(COC(c2ccc(C#N)c(-c3ccccc3C)c2)c2cncn2C)c1. The maximum absolute atomic E-state index is 9.72. The molecular formula is C27H25N3O2. The number of aryl methyl sites for hydroxylation is 2. The lowest BCUT2D eigenvalue weighted by molar-refractivity contribution is 0.0621. The normalized spacial score (nSPS) is 11.7. The van der Waals surface area contributed by atoms with Crippen LogP contribution in [0.5, 0.6) is 5.75 Å². The Morgan fingerprint density at radius 1 is 1.03 bits per heavy atom. The summed E-state index contributed by atoms with van der Waals surface area (Å²) < 4.78 is 13.7. The second-order valence-electron chi connectivity index (χ2n) is 7.70. The topological polar surface area (TPSA) is 60.1 Å². The van der Waals surface area contributed by atoms with Gasteiger partial charge in [-0.25, -0.2) is 4.98 Å². The molecule has 0 saturated carbocycles. The van der Waals surface area contributed by atoms with Gasteiger partial charge in [0, 0.05) is 12.6 Å². The van der Waals surface area contributed by atoms with Crippen molar-refractivity contribution in [1.82, 2.24) is 9.55 Å². The lowest BCUT2D eigenvalue weighted by Crippen LogP contribution is -2.11. The van der Waals surface area contributed by atoms with Gasteiger partial charge in [0.25, 0.3) is 0 Å². The van der Waals surface area contributed by atoms with Crippen molar-refractivity contribution < 1.29 is 9.47 Å². The molecule has 0 radical (unpaired) electrons. The molecule has 0 aliphatic carbocycles. The molecule has 5 heteroatoms. The Morgan fingerprint density at radius 2 is 1.88 bits per heavy atom. The van der Waals surface area contributed by atoms with E-state index in [0.717, 1.165) is 39.3 Å². The van der Waals surface area contributed by atoms with E-state index in [1.165, 1.54) is 0 Å². The van der Waals surface area contributed by atoms with Crippen LogP contribution in [0.4, 0.5) is 0 Å². The molecular weight excluding hydrogens is 398 g/mol. The van der Waals surface area contributed by atoms with Gasteiger partial charge in [-0.1, -0.05) is 42.5 Å². The van der Waals surface area contributed by atoms with E-state index in [2.05, 4.69) is 30.1 Å². The van der Waals surface area contributed by atoms with Crippen LogP contribution in [0.25, 0.3) is 11.1 Å². The Kier molecular flexibility index (Phi) is 6.34. The van der Waals surface area contributed by atoms with Gasteiger partial charge in [0.2, 0.25) is 0 Å². The number of methoxy groups -OCH3 is 1. The smallest absolute Gasteiger partial charge is 0.124 e. The van der Waals surface area contributed by atoms with E-state index in [0.29, 0.717) is 12.2 Å². The summed E-state index contributed by atoms with van der Waals surface area (Å²) in [6, 6.07) is 24.2. The molecule has 1 aromatic heterocycles. The summed E-state index contributed by atoms with van der Waals surface area (Å²) in [6.45, 7) is 2.47. The maximum atomic E-state index is 9.72. The fourth-order valence-electron chi connectivity index (χ4n) is 3.83. The summed E-state index contributed by atoms with van der Waals surface area (Å²) in [6.07, 6.45) is 3.25. The molecule has 0 spiro atoms. The zero-order valence-corrected chi connectivity index (χ0v) is 18.4. The van der Waals surface area contributed by atoms with Crippen molar-refractivity contribution in [3.05, 3.63) is 107 Å². The second kappa shape index (κ2) is 9.51. The Labute approximate surface area is 188 Å². The highest BCUT2D eigenvalue weighted by Crippen LogP contribution is 2.33. The van der Waals surface area contributed by atoms with Crippen LogP contribution in [0.2, 0.25) is 0 Å². The van der Waals surface area contributed by atoms with Gasteiger partial charge in [-0.05, 0) is 53.4 Å². The van der Waals surface area contributed by atoms with Crippen LogP contribution >= 0.6 is 0 Å². The molecule has 0 amide bonds. The van der Waals surface area contributed by atoms with Crippen LogP contribution < -0.4 is 4.74 Å². The zero-order valence-electron chi connectivity index (χ0n) is 18.4. The standard InChI is InChI=1S/C27H25N3O2/c1-19-7-4-5-10-24(19)25-14-21(11-12-22(25)15-28)27(26-16-29-18-30(26)2)32-17-20-8-6-9-23(13-20)31-3/h4-14,16,18,27H,17H2,1-3H3. The van der Waals surface area contributed by atoms with Gasteiger partial charge in [0.1, 0.15) is 11.9 Å². The number of hydrogen-bond donors (Lipinski definition) is 0. The molecule has 3 aromatic carbocycles. The average molecular weight is 424 g/mol. The van der Waals surface area contributed by atoms with E-state index in [4.69, 9.17) is 9.47 Å². The van der Waals surface area contributed by atoms with Gasteiger partial charge >= 0.3 is 0 Å². The van der Waals surface area contributed by atoms with E-state index < -0.39 is 0 Å². The maximum Gasteiger partial charge on any atom is 0.124 e.